The fraction of sp³-hybridized carbons (Fsp3) is 1.00. The van der Waals surface area contributed by atoms with E-state index in [-0.39, 0.29) is 0 Å². The molecule has 9 heteroatoms. The summed E-state index contributed by atoms with van der Waals surface area (Å²) in [6.45, 7) is 4.43. The molecule has 0 radical (unpaired) electrons. The largest absolute Gasteiger partial charge is 0.396 e. The van der Waals surface area contributed by atoms with Gasteiger partial charge in [0.15, 0.2) is 0 Å². The molecule has 0 aromatic rings. The maximum Gasteiger partial charge on any atom is 0.294 e. The molecule has 0 saturated carbocycles. The lowest BCUT2D eigenvalue weighted by molar-refractivity contribution is -0.772. The molecule has 1 N–H and O–H groups in total. The van der Waals surface area contributed by atoms with Gasteiger partial charge >= 0.3 is 0 Å². The van der Waals surface area contributed by atoms with Crippen molar-refractivity contribution in [1.82, 2.24) is 0 Å². The number of nitrogens with zero attached hydrogens (tertiary/aromatic N) is 2. The molecular formula is C9H20N2O7. The zero-order valence-corrected chi connectivity index (χ0v) is 10.8. The third-order valence-corrected chi connectivity index (χ3v) is 2.07. The van der Waals surface area contributed by atoms with Crippen LogP contribution in [0.2, 0.25) is 0 Å². The zero-order chi connectivity index (χ0) is 14.6. The average molecular weight is 268 g/mol. The van der Waals surface area contributed by atoms with E-state index in [1.54, 1.807) is 6.92 Å². The quantitative estimate of drug-likeness (QED) is 0.492. The van der Waals surface area contributed by atoms with Crippen LogP contribution in [-0.2, 0) is 9.68 Å². The summed E-state index contributed by atoms with van der Waals surface area (Å²) in [6.07, 6.45) is 0.911. The first kappa shape index (κ1) is 18.7. The molecule has 0 fully saturated rings. The minimum absolute atomic E-state index is 0.325. The van der Waals surface area contributed by atoms with Gasteiger partial charge in [-0.25, -0.2) is 0 Å². The predicted molar refractivity (Wildman–Crippen MR) is 61.7 cm³/mol. The monoisotopic (exact) mass is 268 g/mol. The van der Waals surface area contributed by atoms with Gasteiger partial charge < -0.3 is 14.8 Å². The Morgan fingerprint density at radius 3 is 1.72 bits per heavy atom. The van der Waals surface area contributed by atoms with E-state index in [0.717, 1.165) is 0 Å². The molecule has 18 heavy (non-hydrogen) atoms. The highest BCUT2D eigenvalue weighted by Gasteiger charge is 2.32. The van der Waals surface area contributed by atoms with Gasteiger partial charge in [0.05, 0.1) is 6.61 Å². The molecular weight excluding hydrogens is 248 g/mol. The van der Waals surface area contributed by atoms with E-state index in [0.29, 0.717) is 12.8 Å². The van der Waals surface area contributed by atoms with Gasteiger partial charge in [-0.3, -0.25) is 0 Å². The van der Waals surface area contributed by atoms with Crippen LogP contribution in [-0.4, -0.2) is 35.1 Å². The van der Waals surface area contributed by atoms with E-state index >= 15 is 0 Å². The minimum Gasteiger partial charge on any atom is -0.396 e. The van der Waals surface area contributed by atoms with Crippen molar-refractivity contribution in [2.45, 2.75) is 33.6 Å². The van der Waals surface area contributed by atoms with Gasteiger partial charge in [-0.05, 0) is 6.42 Å². The topological polar surface area (TPSA) is 125 Å². The summed E-state index contributed by atoms with van der Waals surface area (Å²) in [5.41, 5.74) is -1.12. The van der Waals surface area contributed by atoms with Crippen LogP contribution >= 0.6 is 0 Å². The van der Waals surface area contributed by atoms with Crippen LogP contribution in [0.1, 0.15) is 33.6 Å². The van der Waals surface area contributed by atoms with Gasteiger partial charge in [0.25, 0.3) is 10.2 Å². The SMILES string of the molecule is CC.CCCC(CO)(CO[N+](=O)[O-])CO[N+](=O)[O-]. The number of rotatable bonds is 9. The molecule has 0 aliphatic rings. The van der Waals surface area contributed by atoms with Crippen LogP contribution in [0.4, 0.5) is 0 Å². The first-order chi connectivity index (χ1) is 8.45. The van der Waals surface area contributed by atoms with Gasteiger partial charge in [-0.2, -0.15) is 0 Å². The van der Waals surface area contributed by atoms with Gasteiger partial charge in [-0.1, -0.05) is 27.2 Å². The van der Waals surface area contributed by atoms with Crippen LogP contribution in [0.15, 0.2) is 0 Å². The number of hydrogen-bond acceptors (Lipinski definition) is 7. The summed E-state index contributed by atoms with van der Waals surface area (Å²) in [5, 5.41) is 27.2. The summed E-state index contributed by atoms with van der Waals surface area (Å²) in [6, 6.07) is 0. The third-order valence-electron chi connectivity index (χ3n) is 2.07. The Labute approximate surface area is 105 Å². The van der Waals surface area contributed by atoms with E-state index in [2.05, 4.69) is 9.68 Å². The molecule has 0 heterocycles. The fourth-order valence-corrected chi connectivity index (χ4v) is 1.27. The van der Waals surface area contributed by atoms with Crippen LogP contribution in [0.3, 0.4) is 0 Å². The van der Waals surface area contributed by atoms with Crippen molar-refractivity contribution in [3.8, 4) is 0 Å². The number of aliphatic hydroxyl groups excluding tert-OH is 1. The Hall–Kier alpha value is -1.64. The van der Waals surface area contributed by atoms with Crippen LogP contribution in [0.25, 0.3) is 0 Å². The molecule has 0 aliphatic heterocycles. The molecule has 9 nitrogen and oxygen atoms in total. The lowest BCUT2D eigenvalue weighted by Crippen LogP contribution is -2.37. The average Bonchev–Trinajstić information content (AvgIpc) is 2.35. The molecule has 0 rings (SSSR count). The van der Waals surface area contributed by atoms with E-state index in [1.165, 1.54) is 0 Å². The second-order valence-corrected chi connectivity index (χ2v) is 3.40. The third kappa shape index (κ3) is 8.50. The maximum atomic E-state index is 10.0. The first-order valence-corrected chi connectivity index (χ1v) is 5.61. The summed E-state index contributed by atoms with van der Waals surface area (Å²) in [4.78, 5) is 28.3. The molecule has 0 spiro atoms. The molecule has 0 unspecified atom stereocenters. The van der Waals surface area contributed by atoms with Crippen molar-refractivity contribution in [2.75, 3.05) is 19.8 Å². The highest BCUT2D eigenvalue weighted by atomic mass is 17.0. The second-order valence-electron chi connectivity index (χ2n) is 3.40. The molecule has 0 aliphatic carbocycles. The predicted octanol–water partition coefficient (Wildman–Crippen LogP) is 1.21. The smallest absolute Gasteiger partial charge is 0.294 e. The summed E-state index contributed by atoms with van der Waals surface area (Å²) >= 11 is 0. The Balaban J connectivity index is 0. The van der Waals surface area contributed by atoms with Gasteiger partial charge in [0.2, 0.25) is 0 Å². The standard InChI is InChI=1S/C7H14N2O7.C2H6/c1-2-3-7(4-10,5-15-8(11)12)6-16-9(13)14;1-2/h10H,2-6H2,1H3;1-2H3. The first-order valence-electron chi connectivity index (χ1n) is 5.61. The summed E-state index contributed by atoms with van der Waals surface area (Å²) < 4.78 is 0. The second kappa shape index (κ2) is 10.5. The zero-order valence-electron chi connectivity index (χ0n) is 10.8. The number of hydrogen-bond donors (Lipinski definition) is 1. The van der Waals surface area contributed by atoms with E-state index in [4.69, 9.17) is 5.11 Å². The Morgan fingerprint density at radius 1 is 1.11 bits per heavy atom. The van der Waals surface area contributed by atoms with Crippen LogP contribution in [0, 0.1) is 25.6 Å². The molecule has 0 saturated heterocycles. The molecule has 108 valence electrons. The van der Waals surface area contributed by atoms with Crippen molar-refractivity contribution in [3.05, 3.63) is 20.2 Å². The van der Waals surface area contributed by atoms with Crippen LogP contribution in [0.5, 0.6) is 0 Å². The van der Waals surface area contributed by atoms with Crippen molar-refractivity contribution in [1.29, 1.82) is 0 Å². The van der Waals surface area contributed by atoms with Crippen molar-refractivity contribution in [3.63, 3.8) is 0 Å². The molecule has 0 amide bonds. The highest BCUT2D eigenvalue weighted by molar-refractivity contribution is 4.76. The Morgan fingerprint density at radius 2 is 1.50 bits per heavy atom. The summed E-state index contributed by atoms with van der Waals surface area (Å²) in [7, 11) is 0. The molecule has 0 atom stereocenters. The Bertz CT molecular complexity index is 229. The molecule has 0 bridgehead atoms. The minimum atomic E-state index is -1.12. The van der Waals surface area contributed by atoms with E-state index in [9.17, 15) is 20.2 Å². The van der Waals surface area contributed by atoms with Gasteiger partial charge in [-0.15, -0.1) is 20.2 Å². The Kier molecular flexibility index (Phi) is 10.9. The summed E-state index contributed by atoms with van der Waals surface area (Å²) in [5.74, 6) is 0. The van der Waals surface area contributed by atoms with Crippen LogP contribution < -0.4 is 0 Å². The number of aliphatic hydroxyl groups is 1. The fourth-order valence-electron chi connectivity index (χ4n) is 1.27. The lowest BCUT2D eigenvalue weighted by Gasteiger charge is -2.28. The van der Waals surface area contributed by atoms with E-state index in [1.807, 2.05) is 13.8 Å². The van der Waals surface area contributed by atoms with Gasteiger partial charge in [0, 0.05) is 5.41 Å². The van der Waals surface area contributed by atoms with Crippen molar-refractivity contribution < 1.29 is 25.0 Å². The van der Waals surface area contributed by atoms with Gasteiger partial charge in [0.1, 0.15) is 13.2 Å². The lowest BCUT2D eigenvalue weighted by atomic mass is 9.86. The molecule has 0 aromatic heterocycles. The van der Waals surface area contributed by atoms with Crippen molar-refractivity contribution >= 4 is 0 Å². The maximum absolute atomic E-state index is 10.0. The molecule has 0 aromatic carbocycles. The highest BCUT2D eigenvalue weighted by Crippen LogP contribution is 2.24. The van der Waals surface area contributed by atoms with E-state index < -0.39 is 35.4 Å². The van der Waals surface area contributed by atoms with Crippen molar-refractivity contribution in [2.24, 2.45) is 5.41 Å². The normalized spacial score (nSPS) is 10.0.